The molecule has 0 aliphatic rings. The van der Waals surface area contributed by atoms with E-state index in [0.717, 1.165) is 28.1 Å². The SMILES string of the molecule is c1ccc(-c2nc3ccccc3n2-c2ccc(-c3cc4ccccc4c4ccccc34)cc2)cc1. The monoisotopic (exact) mass is 446 g/mol. The topological polar surface area (TPSA) is 17.8 Å². The second-order valence-corrected chi connectivity index (χ2v) is 8.86. The third-order valence-corrected chi connectivity index (χ3v) is 6.80. The predicted molar refractivity (Wildman–Crippen MR) is 147 cm³/mol. The van der Waals surface area contributed by atoms with Crippen LogP contribution in [0.25, 0.3) is 60.8 Å². The maximum absolute atomic E-state index is 4.98. The van der Waals surface area contributed by atoms with Crippen molar-refractivity contribution >= 4 is 32.6 Å². The van der Waals surface area contributed by atoms with Crippen LogP contribution in [0.4, 0.5) is 0 Å². The number of hydrogen-bond donors (Lipinski definition) is 0. The molecule has 164 valence electrons. The van der Waals surface area contributed by atoms with Crippen LogP contribution >= 0.6 is 0 Å². The molecule has 7 aromatic rings. The van der Waals surface area contributed by atoms with Crippen LogP contribution in [-0.4, -0.2) is 9.55 Å². The number of hydrogen-bond acceptors (Lipinski definition) is 1. The number of benzene rings is 6. The molecule has 0 N–H and O–H groups in total. The van der Waals surface area contributed by atoms with Gasteiger partial charge in [0.1, 0.15) is 5.82 Å². The Labute approximate surface area is 203 Å². The number of fused-ring (bicyclic) bond motifs is 4. The molecule has 1 aromatic heterocycles. The van der Waals surface area contributed by atoms with Crippen LogP contribution in [0.1, 0.15) is 0 Å². The summed E-state index contributed by atoms with van der Waals surface area (Å²) in [6.07, 6.45) is 0. The van der Waals surface area contributed by atoms with Crippen molar-refractivity contribution in [3.63, 3.8) is 0 Å². The Balaban J connectivity index is 1.42. The molecular weight excluding hydrogens is 424 g/mol. The molecule has 1 heterocycles. The van der Waals surface area contributed by atoms with Crippen molar-refractivity contribution in [2.75, 3.05) is 0 Å². The smallest absolute Gasteiger partial charge is 0.145 e. The van der Waals surface area contributed by atoms with Crippen molar-refractivity contribution in [1.82, 2.24) is 9.55 Å². The van der Waals surface area contributed by atoms with Crippen LogP contribution in [0.3, 0.4) is 0 Å². The van der Waals surface area contributed by atoms with E-state index in [2.05, 4.69) is 126 Å². The van der Waals surface area contributed by atoms with Crippen LogP contribution in [-0.2, 0) is 0 Å². The summed E-state index contributed by atoms with van der Waals surface area (Å²) in [4.78, 5) is 4.98. The summed E-state index contributed by atoms with van der Waals surface area (Å²) in [5.74, 6) is 0.954. The summed E-state index contributed by atoms with van der Waals surface area (Å²) in [7, 11) is 0. The van der Waals surface area contributed by atoms with E-state index < -0.39 is 0 Å². The standard InChI is InChI=1S/C33H22N2/c1-2-10-24(11-3-1)33-34-31-16-8-9-17-32(31)35(33)26-20-18-23(19-21-26)30-22-25-12-4-5-13-27(25)28-14-6-7-15-29(28)30/h1-22H. The highest BCUT2D eigenvalue weighted by molar-refractivity contribution is 6.13. The van der Waals surface area contributed by atoms with Gasteiger partial charge in [0.2, 0.25) is 0 Å². The minimum absolute atomic E-state index is 0.954. The Hall–Kier alpha value is -4.69. The first-order chi connectivity index (χ1) is 17.4. The molecular formula is C33H22N2. The van der Waals surface area contributed by atoms with Gasteiger partial charge in [-0.05, 0) is 63.0 Å². The van der Waals surface area contributed by atoms with Crippen molar-refractivity contribution in [2.45, 2.75) is 0 Å². The second kappa shape index (κ2) is 7.96. The molecule has 0 saturated carbocycles. The van der Waals surface area contributed by atoms with Gasteiger partial charge in [0.05, 0.1) is 11.0 Å². The number of nitrogens with zero attached hydrogens (tertiary/aromatic N) is 2. The second-order valence-electron chi connectivity index (χ2n) is 8.86. The zero-order valence-electron chi connectivity index (χ0n) is 19.1. The average Bonchev–Trinajstić information content (AvgIpc) is 3.33. The zero-order valence-corrected chi connectivity index (χ0v) is 19.1. The third kappa shape index (κ3) is 3.23. The van der Waals surface area contributed by atoms with Crippen molar-refractivity contribution in [3.05, 3.63) is 133 Å². The van der Waals surface area contributed by atoms with Crippen molar-refractivity contribution < 1.29 is 0 Å². The minimum atomic E-state index is 0.954. The molecule has 0 fully saturated rings. The molecule has 0 bridgehead atoms. The van der Waals surface area contributed by atoms with E-state index in [-0.39, 0.29) is 0 Å². The summed E-state index contributed by atoms with van der Waals surface area (Å²) in [6.45, 7) is 0. The number of aromatic nitrogens is 2. The predicted octanol–water partition coefficient (Wildman–Crippen LogP) is 8.67. The van der Waals surface area contributed by atoms with Gasteiger partial charge in [-0.3, -0.25) is 4.57 Å². The molecule has 0 aliphatic heterocycles. The Kier molecular flexibility index (Phi) is 4.49. The van der Waals surface area contributed by atoms with Gasteiger partial charge >= 0.3 is 0 Å². The first-order valence-electron chi connectivity index (χ1n) is 11.9. The Morgan fingerprint density at radius 2 is 1.14 bits per heavy atom. The summed E-state index contributed by atoms with van der Waals surface area (Å²) < 4.78 is 2.26. The van der Waals surface area contributed by atoms with E-state index in [1.807, 2.05) is 12.1 Å². The van der Waals surface area contributed by atoms with Crippen molar-refractivity contribution in [2.24, 2.45) is 0 Å². The van der Waals surface area contributed by atoms with Gasteiger partial charge < -0.3 is 0 Å². The maximum Gasteiger partial charge on any atom is 0.145 e. The van der Waals surface area contributed by atoms with Crippen LogP contribution in [0.15, 0.2) is 133 Å². The molecule has 7 rings (SSSR count). The highest BCUT2D eigenvalue weighted by Crippen LogP contribution is 2.36. The van der Waals surface area contributed by atoms with Crippen molar-refractivity contribution in [1.29, 1.82) is 0 Å². The van der Waals surface area contributed by atoms with E-state index in [4.69, 9.17) is 4.98 Å². The lowest BCUT2D eigenvalue weighted by Gasteiger charge is -2.13. The number of para-hydroxylation sites is 2. The third-order valence-electron chi connectivity index (χ3n) is 6.80. The fraction of sp³-hybridized carbons (Fsp3) is 0. The maximum atomic E-state index is 4.98. The van der Waals surface area contributed by atoms with Gasteiger partial charge in [0.15, 0.2) is 0 Å². The molecule has 0 aliphatic carbocycles. The van der Waals surface area contributed by atoms with Crippen LogP contribution in [0.5, 0.6) is 0 Å². The lowest BCUT2D eigenvalue weighted by Crippen LogP contribution is -1.97. The number of imidazole rings is 1. The molecule has 0 amide bonds. The molecule has 0 atom stereocenters. The minimum Gasteiger partial charge on any atom is -0.292 e. The highest BCUT2D eigenvalue weighted by Gasteiger charge is 2.14. The molecule has 2 nitrogen and oxygen atoms in total. The largest absolute Gasteiger partial charge is 0.292 e. The van der Waals surface area contributed by atoms with E-state index in [1.54, 1.807) is 0 Å². The van der Waals surface area contributed by atoms with E-state index >= 15 is 0 Å². The molecule has 0 unspecified atom stereocenters. The lowest BCUT2D eigenvalue weighted by molar-refractivity contribution is 1.10. The van der Waals surface area contributed by atoms with Gasteiger partial charge in [-0.25, -0.2) is 4.98 Å². The fourth-order valence-electron chi connectivity index (χ4n) is 5.15. The van der Waals surface area contributed by atoms with Gasteiger partial charge in [-0.2, -0.15) is 0 Å². The Morgan fingerprint density at radius 3 is 1.97 bits per heavy atom. The quantitative estimate of drug-likeness (QED) is 0.248. The molecule has 6 aromatic carbocycles. The number of rotatable bonds is 3. The van der Waals surface area contributed by atoms with E-state index in [9.17, 15) is 0 Å². The fourth-order valence-corrected chi connectivity index (χ4v) is 5.15. The summed E-state index contributed by atoms with van der Waals surface area (Å²) >= 11 is 0. The van der Waals surface area contributed by atoms with E-state index in [0.29, 0.717) is 0 Å². The average molecular weight is 447 g/mol. The molecule has 2 heteroatoms. The van der Waals surface area contributed by atoms with Crippen LogP contribution < -0.4 is 0 Å². The summed E-state index contributed by atoms with van der Waals surface area (Å²) in [6, 6.07) is 47.3. The Morgan fingerprint density at radius 1 is 0.486 bits per heavy atom. The highest BCUT2D eigenvalue weighted by atomic mass is 15.1. The first kappa shape index (κ1) is 19.7. The van der Waals surface area contributed by atoms with Gasteiger partial charge in [0, 0.05) is 11.3 Å². The van der Waals surface area contributed by atoms with Crippen LogP contribution in [0.2, 0.25) is 0 Å². The van der Waals surface area contributed by atoms with Gasteiger partial charge in [-0.15, -0.1) is 0 Å². The zero-order chi connectivity index (χ0) is 23.2. The van der Waals surface area contributed by atoms with Crippen molar-refractivity contribution in [3.8, 4) is 28.2 Å². The van der Waals surface area contributed by atoms with E-state index in [1.165, 1.54) is 32.7 Å². The molecule has 0 radical (unpaired) electrons. The summed E-state index contributed by atoms with van der Waals surface area (Å²) in [5, 5.41) is 5.12. The molecule has 0 spiro atoms. The molecule has 35 heavy (non-hydrogen) atoms. The molecule has 0 saturated heterocycles. The van der Waals surface area contributed by atoms with Gasteiger partial charge in [-0.1, -0.05) is 103 Å². The van der Waals surface area contributed by atoms with Gasteiger partial charge in [0.25, 0.3) is 0 Å². The Bertz CT molecular complexity index is 1830. The normalized spacial score (nSPS) is 11.4. The first-order valence-corrected chi connectivity index (χ1v) is 11.9. The lowest BCUT2D eigenvalue weighted by atomic mass is 9.93. The summed E-state index contributed by atoms with van der Waals surface area (Å²) in [5.41, 5.74) is 6.77. The van der Waals surface area contributed by atoms with Crippen LogP contribution in [0, 0.1) is 0 Å².